The molecule has 0 aliphatic carbocycles. The Morgan fingerprint density at radius 1 is 0.952 bits per heavy atom. The van der Waals surface area contributed by atoms with Gasteiger partial charge >= 0.3 is 0 Å². The van der Waals surface area contributed by atoms with Gasteiger partial charge in [-0.1, -0.05) is 34.8 Å². The van der Waals surface area contributed by atoms with Crippen molar-refractivity contribution in [2.75, 3.05) is 17.2 Å². The van der Waals surface area contributed by atoms with E-state index in [4.69, 9.17) is 34.8 Å². The van der Waals surface area contributed by atoms with Gasteiger partial charge in [0.05, 0.1) is 10.7 Å². The molecule has 0 fully saturated rings. The zero-order valence-electron chi connectivity index (χ0n) is 11.0. The highest BCUT2D eigenvalue weighted by Crippen LogP contribution is 2.25. The van der Waals surface area contributed by atoms with Gasteiger partial charge in [-0.05, 0) is 42.5 Å². The second kappa shape index (κ2) is 7.55. The SMILES string of the molecule is O=C(CCNc1ccc(Cl)cc1Cl)Nc1ccc(Cl)cc1. The molecule has 0 aliphatic heterocycles. The van der Waals surface area contributed by atoms with E-state index < -0.39 is 0 Å². The minimum atomic E-state index is -0.0880. The Morgan fingerprint density at radius 3 is 2.29 bits per heavy atom. The Bertz CT molecular complexity index is 629. The molecule has 0 saturated heterocycles. The molecule has 2 aromatic carbocycles. The summed E-state index contributed by atoms with van der Waals surface area (Å²) in [6, 6.07) is 12.1. The summed E-state index contributed by atoms with van der Waals surface area (Å²) in [6.07, 6.45) is 0.321. The van der Waals surface area contributed by atoms with Crippen LogP contribution in [0.3, 0.4) is 0 Å². The maximum Gasteiger partial charge on any atom is 0.226 e. The molecule has 0 atom stereocenters. The average Bonchev–Trinajstić information content (AvgIpc) is 2.44. The topological polar surface area (TPSA) is 41.1 Å². The third-order valence-electron chi connectivity index (χ3n) is 2.73. The van der Waals surface area contributed by atoms with E-state index in [0.717, 1.165) is 5.69 Å². The number of carbonyl (C=O) groups is 1. The van der Waals surface area contributed by atoms with Crippen molar-refractivity contribution in [1.82, 2.24) is 0 Å². The maximum atomic E-state index is 11.8. The highest BCUT2D eigenvalue weighted by Gasteiger charge is 2.04. The van der Waals surface area contributed by atoms with Crippen LogP contribution in [0, 0.1) is 0 Å². The van der Waals surface area contributed by atoms with Crippen molar-refractivity contribution in [2.24, 2.45) is 0 Å². The molecule has 3 nitrogen and oxygen atoms in total. The zero-order valence-corrected chi connectivity index (χ0v) is 13.3. The van der Waals surface area contributed by atoms with Gasteiger partial charge in [-0.3, -0.25) is 4.79 Å². The lowest BCUT2D eigenvalue weighted by molar-refractivity contribution is -0.115. The third-order valence-corrected chi connectivity index (χ3v) is 3.53. The molecule has 21 heavy (non-hydrogen) atoms. The highest BCUT2D eigenvalue weighted by atomic mass is 35.5. The van der Waals surface area contributed by atoms with Crippen molar-refractivity contribution in [3.63, 3.8) is 0 Å². The van der Waals surface area contributed by atoms with Crippen molar-refractivity contribution in [3.8, 4) is 0 Å². The first-order chi connectivity index (χ1) is 10.0. The first-order valence-corrected chi connectivity index (χ1v) is 7.42. The van der Waals surface area contributed by atoms with E-state index in [-0.39, 0.29) is 5.91 Å². The van der Waals surface area contributed by atoms with Crippen LogP contribution >= 0.6 is 34.8 Å². The molecule has 0 bridgehead atoms. The quantitative estimate of drug-likeness (QED) is 0.794. The molecule has 0 heterocycles. The van der Waals surface area contributed by atoms with E-state index in [1.165, 1.54) is 0 Å². The molecule has 110 valence electrons. The standard InChI is InChI=1S/C15H13Cl3N2O/c16-10-1-4-12(5-2-10)20-15(21)7-8-19-14-6-3-11(17)9-13(14)18/h1-6,9,19H,7-8H2,(H,20,21). The fourth-order valence-electron chi connectivity index (χ4n) is 1.70. The van der Waals surface area contributed by atoms with Gasteiger partial charge in [-0.2, -0.15) is 0 Å². The second-order valence-electron chi connectivity index (χ2n) is 4.36. The molecular formula is C15H13Cl3N2O. The number of hydrogen-bond acceptors (Lipinski definition) is 2. The van der Waals surface area contributed by atoms with Crippen LogP contribution < -0.4 is 10.6 Å². The van der Waals surface area contributed by atoms with Crippen LogP contribution in [0.1, 0.15) is 6.42 Å². The van der Waals surface area contributed by atoms with Gasteiger partial charge in [-0.15, -0.1) is 0 Å². The van der Waals surface area contributed by atoms with Crippen LogP contribution in [-0.4, -0.2) is 12.5 Å². The lowest BCUT2D eigenvalue weighted by Gasteiger charge is -2.09. The third kappa shape index (κ3) is 5.12. The number of nitrogens with one attached hydrogen (secondary N) is 2. The number of amides is 1. The van der Waals surface area contributed by atoms with E-state index in [1.54, 1.807) is 42.5 Å². The predicted molar refractivity (Wildman–Crippen MR) is 89.7 cm³/mol. The lowest BCUT2D eigenvalue weighted by atomic mass is 10.3. The first kappa shape index (κ1) is 16.0. The summed E-state index contributed by atoms with van der Waals surface area (Å²) >= 11 is 17.6. The van der Waals surface area contributed by atoms with Gasteiger partial charge in [0.15, 0.2) is 0 Å². The average molecular weight is 344 g/mol. The molecule has 1 amide bonds. The Labute approximate surface area is 138 Å². The van der Waals surface area contributed by atoms with Crippen LogP contribution in [0.4, 0.5) is 11.4 Å². The molecule has 2 N–H and O–H groups in total. The fraction of sp³-hybridized carbons (Fsp3) is 0.133. The Balaban J connectivity index is 1.80. The van der Waals surface area contributed by atoms with Crippen LogP contribution in [0.5, 0.6) is 0 Å². The number of hydrogen-bond donors (Lipinski definition) is 2. The summed E-state index contributed by atoms with van der Waals surface area (Å²) in [4.78, 5) is 11.8. The van der Waals surface area contributed by atoms with E-state index in [0.29, 0.717) is 33.7 Å². The predicted octanol–water partition coefficient (Wildman–Crippen LogP) is 5.09. The van der Waals surface area contributed by atoms with Crippen molar-refractivity contribution < 1.29 is 4.79 Å². The highest BCUT2D eigenvalue weighted by molar-refractivity contribution is 6.36. The van der Waals surface area contributed by atoms with Gasteiger partial charge in [0, 0.05) is 28.7 Å². The van der Waals surface area contributed by atoms with Crippen LogP contribution in [0.25, 0.3) is 0 Å². The van der Waals surface area contributed by atoms with Gasteiger partial charge in [0.1, 0.15) is 0 Å². The van der Waals surface area contributed by atoms with Crippen molar-refractivity contribution in [1.29, 1.82) is 0 Å². The summed E-state index contributed by atoms with van der Waals surface area (Å²) in [5, 5.41) is 7.62. The van der Waals surface area contributed by atoms with E-state index in [9.17, 15) is 4.79 Å². The maximum absolute atomic E-state index is 11.8. The molecule has 6 heteroatoms. The summed E-state index contributed by atoms with van der Waals surface area (Å²) in [7, 11) is 0. The van der Waals surface area contributed by atoms with Gasteiger partial charge in [0.2, 0.25) is 5.91 Å². The number of anilines is 2. The van der Waals surface area contributed by atoms with Crippen molar-refractivity contribution in [2.45, 2.75) is 6.42 Å². The number of rotatable bonds is 5. The molecule has 0 aliphatic rings. The largest absolute Gasteiger partial charge is 0.383 e. The second-order valence-corrected chi connectivity index (χ2v) is 5.64. The van der Waals surface area contributed by atoms with Gasteiger partial charge in [-0.25, -0.2) is 0 Å². The molecular weight excluding hydrogens is 331 g/mol. The number of halogens is 3. The zero-order chi connectivity index (χ0) is 15.2. The Kier molecular flexibility index (Phi) is 5.74. The normalized spacial score (nSPS) is 10.2. The van der Waals surface area contributed by atoms with Crippen molar-refractivity contribution >= 4 is 52.1 Å². The summed E-state index contributed by atoms with van der Waals surface area (Å²) in [5.74, 6) is -0.0880. The molecule has 2 aromatic rings. The van der Waals surface area contributed by atoms with E-state index >= 15 is 0 Å². The summed E-state index contributed by atoms with van der Waals surface area (Å²) in [6.45, 7) is 0.473. The van der Waals surface area contributed by atoms with Crippen molar-refractivity contribution in [3.05, 3.63) is 57.5 Å². The van der Waals surface area contributed by atoms with Crippen LogP contribution in [-0.2, 0) is 4.79 Å². The van der Waals surface area contributed by atoms with E-state index in [1.807, 2.05) is 0 Å². The lowest BCUT2D eigenvalue weighted by Crippen LogP contribution is -2.16. The summed E-state index contributed by atoms with van der Waals surface area (Å²) < 4.78 is 0. The minimum absolute atomic E-state index is 0.0880. The van der Waals surface area contributed by atoms with Crippen LogP contribution in [0.15, 0.2) is 42.5 Å². The molecule has 0 saturated carbocycles. The van der Waals surface area contributed by atoms with Gasteiger partial charge in [0.25, 0.3) is 0 Å². The van der Waals surface area contributed by atoms with Gasteiger partial charge < -0.3 is 10.6 Å². The summed E-state index contributed by atoms with van der Waals surface area (Å²) in [5.41, 5.74) is 1.47. The molecule has 0 aromatic heterocycles. The minimum Gasteiger partial charge on any atom is -0.383 e. The monoisotopic (exact) mass is 342 g/mol. The Hall–Kier alpha value is -1.42. The molecule has 0 radical (unpaired) electrons. The molecule has 0 unspecified atom stereocenters. The fourth-order valence-corrected chi connectivity index (χ4v) is 2.30. The smallest absolute Gasteiger partial charge is 0.226 e. The molecule has 2 rings (SSSR count). The molecule has 0 spiro atoms. The van der Waals surface area contributed by atoms with E-state index in [2.05, 4.69) is 10.6 Å². The number of benzene rings is 2. The van der Waals surface area contributed by atoms with Crippen LogP contribution in [0.2, 0.25) is 15.1 Å². The first-order valence-electron chi connectivity index (χ1n) is 6.29. The Morgan fingerprint density at radius 2 is 1.62 bits per heavy atom. The number of carbonyl (C=O) groups excluding carboxylic acids is 1.